The van der Waals surface area contributed by atoms with Crippen molar-refractivity contribution >= 4 is 15.9 Å². The lowest BCUT2D eigenvalue weighted by molar-refractivity contribution is 0.352. The fraction of sp³-hybridized carbons (Fsp3) is 0.500. The number of hydrogen-bond donors (Lipinski definition) is 0. The average Bonchev–Trinajstić information content (AvgIpc) is 2.57. The van der Waals surface area contributed by atoms with E-state index < -0.39 is 4.58 Å². The van der Waals surface area contributed by atoms with Crippen molar-refractivity contribution in [3.05, 3.63) is 35.9 Å². The van der Waals surface area contributed by atoms with Crippen LogP contribution in [0.25, 0.3) is 0 Å². The smallest absolute Gasteiger partial charge is 0.178 e. The Hall–Kier alpha value is -0.370. The van der Waals surface area contributed by atoms with Crippen LogP contribution in [0.1, 0.15) is 24.8 Å². The molecule has 0 nitrogen and oxygen atoms in total. The van der Waals surface area contributed by atoms with Crippen molar-refractivity contribution in [2.24, 2.45) is 5.92 Å². The third-order valence-electron chi connectivity index (χ3n) is 3.90. The first kappa shape index (κ1) is 8.90. The molecule has 0 spiro atoms. The second-order valence-electron chi connectivity index (χ2n) is 4.41. The maximum atomic E-state index is 14.2. The molecule has 2 aliphatic carbocycles. The van der Waals surface area contributed by atoms with Gasteiger partial charge >= 0.3 is 0 Å². The van der Waals surface area contributed by atoms with Crippen LogP contribution >= 0.6 is 15.9 Å². The fourth-order valence-corrected chi connectivity index (χ4v) is 4.37. The molecule has 1 aromatic rings. The third kappa shape index (κ3) is 0.837. The molecule has 2 fully saturated rings. The highest BCUT2D eigenvalue weighted by Gasteiger charge is 2.79. The summed E-state index contributed by atoms with van der Waals surface area (Å²) < 4.78 is 13.0. The number of rotatable bonds is 1. The summed E-state index contributed by atoms with van der Waals surface area (Å²) in [5.41, 5.74) is 0.968. The minimum absolute atomic E-state index is 0.200. The van der Waals surface area contributed by atoms with Crippen LogP contribution in [0.4, 0.5) is 4.39 Å². The Labute approximate surface area is 91.6 Å². The molecule has 2 saturated carbocycles. The lowest BCUT2D eigenvalue weighted by atomic mass is 9.93. The normalized spacial score (nSPS) is 44.9. The van der Waals surface area contributed by atoms with E-state index in [4.69, 9.17) is 0 Å². The molecular formula is C12H12BrF. The van der Waals surface area contributed by atoms with Crippen molar-refractivity contribution in [3.63, 3.8) is 0 Å². The van der Waals surface area contributed by atoms with E-state index in [9.17, 15) is 4.39 Å². The maximum absolute atomic E-state index is 14.2. The van der Waals surface area contributed by atoms with Crippen molar-refractivity contribution in [2.45, 2.75) is 29.3 Å². The molecule has 0 heterocycles. The highest BCUT2D eigenvalue weighted by molar-refractivity contribution is 9.10. The first-order valence-electron chi connectivity index (χ1n) is 5.13. The molecule has 14 heavy (non-hydrogen) atoms. The average molecular weight is 255 g/mol. The summed E-state index contributed by atoms with van der Waals surface area (Å²) in [5.74, 6) is 0.206. The minimum Gasteiger partial charge on any atom is -0.230 e. The van der Waals surface area contributed by atoms with E-state index in [-0.39, 0.29) is 11.3 Å². The van der Waals surface area contributed by atoms with Gasteiger partial charge in [-0.1, -0.05) is 36.8 Å². The summed E-state index contributed by atoms with van der Waals surface area (Å²) in [5, 5.41) is 0. The van der Waals surface area contributed by atoms with Crippen LogP contribution in [0.15, 0.2) is 30.3 Å². The Bertz CT molecular complexity index is 360. The largest absolute Gasteiger partial charge is 0.230 e. The molecule has 0 aliphatic heterocycles. The van der Waals surface area contributed by atoms with E-state index in [1.165, 1.54) is 5.56 Å². The highest BCUT2D eigenvalue weighted by atomic mass is 79.9. The van der Waals surface area contributed by atoms with Crippen LogP contribution < -0.4 is 0 Å². The molecule has 0 saturated heterocycles. The Morgan fingerprint density at radius 2 is 2.00 bits per heavy atom. The standard InChI is InChI=1S/C12H12BrF/c13-12(14)10-7-4-8-11(10,12)9-5-2-1-3-6-9/h1-3,5-6,10H,4,7-8H2/t10-,11-,12-/m0/s1. The first-order valence-corrected chi connectivity index (χ1v) is 5.92. The minimum atomic E-state index is -1.13. The lowest BCUT2D eigenvalue weighted by Crippen LogP contribution is -2.14. The maximum Gasteiger partial charge on any atom is 0.178 e. The van der Waals surface area contributed by atoms with Gasteiger partial charge in [0.15, 0.2) is 4.58 Å². The van der Waals surface area contributed by atoms with Crippen LogP contribution in [0.5, 0.6) is 0 Å². The monoisotopic (exact) mass is 254 g/mol. The van der Waals surface area contributed by atoms with Crippen molar-refractivity contribution in [3.8, 4) is 0 Å². The van der Waals surface area contributed by atoms with Gasteiger partial charge in [-0.2, -0.15) is 0 Å². The molecule has 2 aliphatic rings. The van der Waals surface area contributed by atoms with Crippen LogP contribution in [-0.2, 0) is 5.41 Å². The van der Waals surface area contributed by atoms with Gasteiger partial charge in [-0.3, -0.25) is 0 Å². The number of benzene rings is 1. The van der Waals surface area contributed by atoms with Crippen molar-refractivity contribution in [1.29, 1.82) is 0 Å². The zero-order chi connectivity index (χ0) is 9.81. The van der Waals surface area contributed by atoms with E-state index in [0.29, 0.717) is 0 Å². The molecule has 1 aromatic carbocycles. The van der Waals surface area contributed by atoms with Gasteiger partial charge in [0.05, 0.1) is 0 Å². The van der Waals surface area contributed by atoms with Crippen molar-refractivity contribution in [2.75, 3.05) is 0 Å². The van der Waals surface area contributed by atoms with Crippen molar-refractivity contribution < 1.29 is 4.39 Å². The summed E-state index contributed by atoms with van der Waals surface area (Å²) in [6.07, 6.45) is 3.18. The summed E-state index contributed by atoms with van der Waals surface area (Å²) in [4.78, 5) is 0. The Morgan fingerprint density at radius 3 is 2.57 bits per heavy atom. The quantitative estimate of drug-likeness (QED) is 0.669. The molecule has 0 N–H and O–H groups in total. The predicted molar refractivity (Wildman–Crippen MR) is 58.2 cm³/mol. The lowest BCUT2D eigenvalue weighted by Gasteiger charge is -2.15. The number of hydrogen-bond acceptors (Lipinski definition) is 0. The zero-order valence-electron chi connectivity index (χ0n) is 7.84. The Kier molecular flexibility index (Phi) is 1.65. The third-order valence-corrected chi connectivity index (χ3v) is 5.16. The fourth-order valence-electron chi connectivity index (χ4n) is 3.16. The SMILES string of the molecule is F[C@@]1(Br)[C@H]2CCC[C@]21c1ccccc1. The van der Waals surface area contributed by atoms with E-state index in [0.717, 1.165) is 19.3 Å². The number of halogens is 2. The Morgan fingerprint density at radius 1 is 1.29 bits per heavy atom. The van der Waals surface area contributed by atoms with E-state index in [2.05, 4.69) is 28.1 Å². The predicted octanol–water partition coefficient (Wildman–Crippen LogP) is 3.80. The summed E-state index contributed by atoms with van der Waals surface area (Å²) in [6, 6.07) is 10.1. The topological polar surface area (TPSA) is 0 Å². The summed E-state index contributed by atoms with van der Waals surface area (Å²) in [7, 11) is 0. The first-order chi connectivity index (χ1) is 6.69. The van der Waals surface area contributed by atoms with Gasteiger partial charge in [-0.15, -0.1) is 0 Å². The van der Waals surface area contributed by atoms with Gasteiger partial charge in [-0.25, -0.2) is 4.39 Å². The van der Waals surface area contributed by atoms with Gasteiger partial charge in [-0.05, 0) is 34.3 Å². The van der Waals surface area contributed by atoms with Crippen LogP contribution in [-0.4, -0.2) is 4.58 Å². The van der Waals surface area contributed by atoms with Crippen LogP contribution in [0.2, 0.25) is 0 Å². The van der Waals surface area contributed by atoms with E-state index >= 15 is 0 Å². The number of fused-ring (bicyclic) bond motifs is 1. The second-order valence-corrected chi connectivity index (χ2v) is 5.56. The van der Waals surface area contributed by atoms with Gasteiger partial charge in [0, 0.05) is 11.3 Å². The van der Waals surface area contributed by atoms with Crippen molar-refractivity contribution in [1.82, 2.24) is 0 Å². The molecule has 3 atom stereocenters. The molecule has 74 valence electrons. The van der Waals surface area contributed by atoms with E-state index in [1.54, 1.807) is 0 Å². The molecule has 0 radical (unpaired) electrons. The van der Waals surface area contributed by atoms with Gasteiger partial charge in [0.2, 0.25) is 0 Å². The molecular weight excluding hydrogens is 243 g/mol. The van der Waals surface area contributed by atoms with E-state index in [1.807, 2.05) is 18.2 Å². The molecule has 3 rings (SSSR count). The van der Waals surface area contributed by atoms with Gasteiger partial charge < -0.3 is 0 Å². The van der Waals surface area contributed by atoms with Gasteiger partial charge in [0.1, 0.15) is 0 Å². The molecule has 0 bridgehead atoms. The van der Waals surface area contributed by atoms with Gasteiger partial charge in [0.25, 0.3) is 0 Å². The molecule has 0 amide bonds. The molecule has 2 heteroatoms. The Balaban J connectivity index is 2.07. The highest BCUT2D eigenvalue weighted by Crippen LogP contribution is 2.76. The van der Waals surface area contributed by atoms with Crippen LogP contribution in [0.3, 0.4) is 0 Å². The summed E-state index contributed by atoms with van der Waals surface area (Å²) in [6.45, 7) is 0. The molecule has 0 aromatic heterocycles. The van der Waals surface area contributed by atoms with Crippen LogP contribution in [0, 0.1) is 5.92 Å². The summed E-state index contributed by atoms with van der Waals surface area (Å²) >= 11 is 3.26. The zero-order valence-corrected chi connectivity index (χ0v) is 9.43. The molecule has 0 unspecified atom stereocenters. The number of alkyl halides is 2. The second kappa shape index (κ2) is 2.60.